The molecule has 0 heterocycles. The molecule has 0 rings (SSSR count). The van der Waals surface area contributed by atoms with E-state index in [0.29, 0.717) is 19.6 Å². The molecule has 6 heteroatoms. The quantitative estimate of drug-likeness (QED) is 0.635. The van der Waals surface area contributed by atoms with Crippen LogP contribution in [-0.4, -0.2) is 56.5 Å². The molecular formula is C9H22N2O3S. The van der Waals surface area contributed by atoms with Crippen LogP contribution in [0.25, 0.3) is 0 Å². The summed E-state index contributed by atoms with van der Waals surface area (Å²) in [6, 6.07) is 0. The Morgan fingerprint density at radius 3 is 2.27 bits per heavy atom. The highest BCUT2D eigenvalue weighted by Crippen LogP contribution is 2.03. The van der Waals surface area contributed by atoms with Crippen molar-refractivity contribution in [3.63, 3.8) is 0 Å². The second kappa shape index (κ2) is 5.79. The van der Waals surface area contributed by atoms with Crippen molar-refractivity contribution < 1.29 is 13.5 Å². The van der Waals surface area contributed by atoms with Crippen molar-refractivity contribution in [1.82, 2.24) is 9.62 Å². The van der Waals surface area contributed by atoms with Crippen LogP contribution < -0.4 is 4.72 Å². The standard InChI is InChI=1S/C9H22N2O3S/c1-5-11(8-9(2,3)12)7-6-10-15(4,13)14/h10,12H,5-8H2,1-4H3. The first-order valence-electron chi connectivity index (χ1n) is 5.03. The Balaban J connectivity index is 3.92. The third kappa shape index (κ3) is 10.1. The van der Waals surface area contributed by atoms with Gasteiger partial charge in [0, 0.05) is 19.6 Å². The molecular weight excluding hydrogens is 216 g/mol. The zero-order chi connectivity index (χ0) is 12.1. The highest BCUT2D eigenvalue weighted by atomic mass is 32.2. The number of hydrogen-bond acceptors (Lipinski definition) is 4. The maximum atomic E-state index is 10.8. The highest BCUT2D eigenvalue weighted by Gasteiger charge is 2.16. The molecule has 0 saturated carbocycles. The summed E-state index contributed by atoms with van der Waals surface area (Å²) < 4.78 is 24.0. The van der Waals surface area contributed by atoms with Crippen LogP contribution in [-0.2, 0) is 10.0 Å². The molecule has 2 N–H and O–H groups in total. The van der Waals surface area contributed by atoms with E-state index in [1.807, 2.05) is 11.8 Å². The molecule has 0 aromatic rings. The van der Waals surface area contributed by atoms with Crippen molar-refractivity contribution >= 4 is 10.0 Å². The molecule has 0 atom stereocenters. The minimum absolute atomic E-state index is 0.378. The van der Waals surface area contributed by atoms with Gasteiger partial charge in [-0.15, -0.1) is 0 Å². The summed E-state index contributed by atoms with van der Waals surface area (Å²) in [6.45, 7) is 7.76. The molecule has 0 spiro atoms. The van der Waals surface area contributed by atoms with Gasteiger partial charge in [0.15, 0.2) is 0 Å². The van der Waals surface area contributed by atoms with Crippen molar-refractivity contribution in [2.75, 3.05) is 32.4 Å². The van der Waals surface area contributed by atoms with Gasteiger partial charge in [-0.05, 0) is 20.4 Å². The normalized spacial score (nSPS) is 13.5. The van der Waals surface area contributed by atoms with E-state index in [1.165, 1.54) is 0 Å². The first-order chi connectivity index (χ1) is 6.64. The van der Waals surface area contributed by atoms with Crippen LogP contribution in [0.4, 0.5) is 0 Å². The Morgan fingerprint density at radius 2 is 1.93 bits per heavy atom. The Morgan fingerprint density at radius 1 is 1.40 bits per heavy atom. The maximum Gasteiger partial charge on any atom is 0.208 e. The summed E-state index contributed by atoms with van der Waals surface area (Å²) in [4.78, 5) is 2.00. The number of nitrogens with one attached hydrogen (secondary N) is 1. The number of nitrogens with zero attached hydrogens (tertiary/aromatic N) is 1. The minimum atomic E-state index is -3.11. The van der Waals surface area contributed by atoms with E-state index >= 15 is 0 Å². The third-order valence-corrected chi connectivity index (χ3v) is 2.58. The van der Waals surface area contributed by atoms with Gasteiger partial charge in [-0.1, -0.05) is 6.92 Å². The van der Waals surface area contributed by atoms with Crippen molar-refractivity contribution in [1.29, 1.82) is 0 Å². The number of sulfonamides is 1. The van der Waals surface area contributed by atoms with Crippen molar-refractivity contribution in [3.05, 3.63) is 0 Å². The number of aliphatic hydroxyl groups is 1. The summed E-state index contributed by atoms with van der Waals surface area (Å²) in [5.74, 6) is 0. The van der Waals surface area contributed by atoms with Gasteiger partial charge >= 0.3 is 0 Å². The van der Waals surface area contributed by atoms with E-state index < -0.39 is 15.6 Å². The zero-order valence-electron chi connectivity index (χ0n) is 9.95. The average Bonchev–Trinajstić information content (AvgIpc) is 1.97. The van der Waals surface area contributed by atoms with Crippen LogP contribution in [0.2, 0.25) is 0 Å². The molecule has 0 aromatic heterocycles. The average molecular weight is 238 g/mol. The fourth-order valence-electron chi connectivity index (χ4n) is 1.29. The zero-order valence-corrected chi connectivity index (χ0v) is 10.8. The molecule has 0 unspecified atom stereocenters. The molecule has 15 heavy (non-hydrogen) atoms. The second-order valence-corrected chi connectivity index (χ2v) is 6.18. The number of hydrogen-bond donors (Lipinski definition) is 2. The molecule has 5 nitrogen and oxygen atoms in total. The minimum Gasteiger partial charge on any atom is -0.389 e. The number of likely N-dealkylation sites (N-methyl/N-ethyl adjacent to an activating group) is 1. The topological polar surface area (TPSA) is 69.6 Å². The van der Waals surface area contributed by atoms with Gasteiger partial charge in [-0.3, -0.25) is 4.90 Å². The van der Waals surface area contributed by atoms with Crippen LogP contribution in [0.15, 0.2) is 0 Å². The molecule has 0 aliphatic rings. The maximum absolute atomic E-state index is 10.8. The number of rotatable bonds is 7. The lowest BCUT2D eigenvalue weighted by Gasteiger charge is -2.27. The first kappa shape index (κ1) is 14.8. The van der Waals surface area contributed by atoms with Crippen molar-refractivity contribution in [2.24, 2.45) is 0 Å². The van der Waals surface area contributed by atoms with E-state index in [2.05, 4.69) is 4.72 Å². The summed E-state index contributed by atoms with van der Waals surface area (Å²) in [5.41, 5.74) is -0.749. The fourth-order valence-corrected chi connectivity index (χ4v) is 1.75. The summed E-state index contributed by atoms with van der Waals surface area (Å²) in [7, 11) is -3.11. The van der Waals surface area contributed by atoms with Gasteiger partial charge < -0.3 is 5.11 Å². The third-order valence-electron chi connectivity index (χ3n) is 1.85. The lowest BCUT2D eigenvalue weighted by atomic mass is 10.1. The summed E-state index contributed by atoms with van der Waals surface area (Å²) in [6.07, 6.45) is 1.14. The Bertz CT molecular complexity index is 270. The predicted octanol–water partition coefficient (Wildman–Crippen LogP) is -0.372. The SMILES string of the molecule is CCN(CCNS(C)(=O)=O)CC(C)(C)O. The lowest BCUT2D eigenvalue weighted by Crippen LogP contribution is -2.42. The molecule has 0 bridgehead atoms. The van der Waals surface area contributed by atoms with Crippen LogP contribution >= 0.6 is 0 Å². The Kier molecular flexibility index (Phi) is 5.72. The van der Waals surface area contributed by atoms with Crippen molar-refractivity contribution in [2.45, 2.75) is 26.4 Å². The first-order valence-corrected chi connectivity index (χ1v) is 6.92. The molecule has 0 aromatic carbocycles. The summed E-state index contributed by atoms with van der Waals surface area (Å²) in [5, 5.41) is 9.60. The highest BCUT2D eigenvalue weighted by molar-refractivity contribution is 7.88. The van der Waals surface area contributed by atoms with Crippen LogP contribution in [0.5, 0.6) is 0 Å². The van der Waals surface area contributed by atoms with Gasteiger partial charge in [0.2, 0.25) is 10.0 Å². The lowest BCUT2D eigenvalue weighted by molar-refractivity contribution is 0.0387. The fraction of sp³-hybridized carbons (Fsp3) is 1.00. The summed E-state index contributed by atoms with van der Waals surface area (Å²) >= 11 is 0. The predicted molar refractivity (Wildman–Crippen MR) is 61.3 cm³/mol. The molecule has 0 saturated heterocycles. The molecule has 0 aliphatic carbocycles. The molecule has 0 aliphatic heterocycles. The Hall–Kier alpha value is -0.170. The molecule has 0 amide bonds. The van der Waals surface area contributed by atoms with E-state index in [0.717, 1.165) is 12.8 Å². The van der Waals surface area contributed by atoms with Gasteiger partial charge in [-0.25, -0.2) is 13.1 Å². The second-order valence-electron chi connectivity index (χ2n) is 4.35. The van der Waals surface area contributed by atoms with Crippen LogP contribution in [0.3, 0.4) is 0 Å². The van der Waals surface area contributed by atoms with E-state index in [9.17, 15) is 13.5 Å². The smallest absolute Gasteiger partial charge is 0.208 e. The van der Waals surface area contributed by atoms with Gasteiger partial charge in [0.25, 0.3) is 0 Å². The van der Waals surface area contributed by atoms with E-state index in [1.54, 1.807) is 13.8 Å². The molecule has 0 radical (unpaired) electrons. The monoisotopic (exact) mass is 238 g/mol. The van der Waals surface area contributed by atoms with E-state index in [-0.39, 0.29) is 0 Å². The Labute approximate surface area is 92.5 Å². The van der Waals surface area contributed by atoms with E-state index in [4.69, 9.17) is 0 Å². The molecule has 92 valence electrons. The van der Waals surface area contributed by atoms with Gasteiger partial charge in [-0.2, -0.15) is 0 Å². The van der Waals surface area contributed by atoms with Gasteiger partial charge in [0.1, 0.15) is 0 Å². The largest absolute Gasteiger partial charge is 0.389 e. The van der Waals surface area contributed by atoms with Gasteiger partial charge in [0.05, 0.1) is 11.9 Å². The van der Waals surface area contributed by atoms with Crippen LogP contribution in [0.1, 0.15) is 20.8 Å². The molecule has 0 fully saturated rings. The van der Waals surface area contributed by atoms with Crippen LogP contribution in [0, 0.1) is 0 Å². The van der Waals surface area contributed by atoms with Crippen molar-refractivity contribution in [3.8, 4) is 0 Å².